The maximum atomic E-state index is 5.75. The molecule has 0 amide bonds. The number of benzene rings is 2. The summed E-state index contributed by atoms with van der Waals surface area (Å²) in [6.45, 7) is 5.58. The summed E-state index contributed by atoms with van der Waals surface area (Å²) in [6.07, 6.45) is 3.19. The van der Waals surface area contributed by atoms with Crippen molar-refractivity contribution in [1.82, 2.24) is 15.6 Å². The van der Waals surface area contributed by atoms with Gasteiger partial charge in [0.05, 0.1) is 6.10 Å². The molecule has 2 aromatic carbocycles. The highest BCUT2D eigenvalue weighted by molar-refractivity contribution is 5.83. The van der Waals surface area contributed by atoms with Crippen molar-refractivity contribution in [2.24, 2.45) is 4.99 Å². The van der Waals surface area contributed by atoms with Crippen LogP contribution in [-0.2, 0) is 13.0 Å². The second kappa shape index (κ2) is 9.12. The molecule has 0 aliphatic heterocycles. The molecule has 0 saturated carbocycles. The summed E-state index contributed by atoms with van der Waals surface area (Å²) in [7, 11) is 1.79. The van der Waals surface area contributed by atoms with E-state index >= 15 is 0 Å². The van der Waals surface area contributed by atoms with Gasteiger partial charge in [0.1, 0.15) is 5.75 Å². The van der Waals surface area contributed by atoms with Crippen LogP contribution < -0.4 is 15.4 Å². The molecule has 0 aliphatic carbocycles. The molecule has 0 spiro atoms. The van der Waals surface area contributed by atoms with Crippen molar-refractivity contribution in [1.29, 1.82) is 0 Å². The van der Waals surface area contributed by atoms with E-state index in [9.17, 15) is 0 Å². The summed E-state index contributed by atoms with van der Waals surface area (Å²) >= 11 is 0. The van der Waals surface area contributed by atoms with Gasteiger partial charge in [0.25, 0.3) is 0 Å². The Morgan fingerprint density at radius 1 is 1.11 bits per heavy atom. The third-order valence-electron chi connectivity index (χ3n) is 4.32. The standard InChI is InChI=1S/C22H28N4O/c1-16(2)27-19-8-6-7-17(13-19)14-26-22(23-3)24-12-11-18-15-25-21-10-5-4-9-20(18)21/h4-10,13,15-16,25H,11-12,14H2,1-3H3,(H2,23,24,26). The summed E-state index contributed by atoms with van der Waals surface area (Å²) in [5, 5.41) is 8.02. The topological polar surface area (TPSA) is 61.4 Å². The Hall–Kier alpha value is -2.95. The van der Waals surface area contributed by atoms with Crippen molar-refractivity contribution in [3.05, 3.63) is 65.9 Å². The number of nitrogens with one attached hydrogen (secondary N) is 3. The molecule has 142 valence electrons. The van der Waals surface area contributed by atoms with E-state index in [2.05, 4.69) is 57.1 Å². The first-order chi connectivity index (χ1) is 13.2. The summed E-state index contributed by atoms with van der Waals surface area (Å²) in [4.78, 5) is 7.63. The Bertz CT molecular complexity index is 898. The molecular weight excluding hydrogens is 336 g/mol. The summed E-state index contributed by atoms with van der Waals surface area (Å²) in [5.41, 5.74) is 3.65. The predicted octanol–water partition coefficient (Wildman–Crippen LogP) is 3.86. The number of aromatic nitrogens is 1. The van der Waals surface area contributed by atoms with Gasteiger partial charge >= 0.3 is 0 Å². The van der Waals surface area contributed by atoms with Gasteiger partial charge in [-0.25, -0.2) is 0 Å². The Morgan fingerprint density at radius 2 is 1.96 bits per heavy atom. The van der Waals surface area contributed by atoms with Crippen LogP contribution >= 0.6 is 0 Å². The fourth-order valence-corrected chi connectivity index (χ4v) is 3.06. The van der Waals surface area contributed by atoms with E-state index in [0.717, 1.165) is 30.2 Å². The molecule has 5 heteroatoms. The SMILES string of the molecule is CN=C(NCCc1c[nH]c2ccccc12)NCc1cccc(OC(C)C)c1. The second-order valence-corrected chi connectivity index (χ2v) is 6.78. The molecule has 3 N–H and O–H groups in total. The van der Waals surface area contributed by atoms with E-state index in [-0.39, 0.29) is 6.10 Å². The average molecular weight is 364 g/mol. The Kier molecular flexibility index (Phi) is 6.36. The zero-order valence-electron chi connectivity index (χ0n) is 16.3. The Balaban J connectivity index is 1.50. The highest BCUT2D eigenvalue weighted by Crippen LogP contribution is 2.17. The number of hydrogen-bond donors (Lipinski definition) is 3. The van der Waals surface area contributed by atoms with Crippen molar-refractivity contribution in [3.8, 4) is 5.75 Å². The number of guanidine groups is 1. The van der Waals surface area contributed by atoms with Crippen LogP contribution in [0.2, 0.25) is 0 Å². The number of ether oxygens (including phenoxy) is 1. The minimum Gasteiger partial charge on any atom is -0.491 e. The molecule has 1 heterocycles. The molecule has 0 atom stereocenters. The molecule has 1 aromatic heterocycles. The van der Waals surface area contributed by atoms with Crippen molar-refractivity contribution in [3.63, 3.8) is 0 Å². The Labute approximate surface area is 160 Å². The fourth-order valence-electron chi connectivity index (χ4n) is 3.06. The number of nitrogens with zero attached hydrogens (tertiary/aromatic N) is 1. The number of para-hydroxylation sites is 1. The fraction of sp³-hybridized carbons (Fsp3) is 0.318. The monoisotopic (exact) mass is 364 g/mol. The van der Waals surface area contributed by atoms with Gasteiger partial charge in [-0.1, -0.05) is 30.3 Å². The van der Waals surface area contributed by atoms with Crippen molar-refractivity contribution < 1.29 is 4.74 Å². The van der Waals surface area contributed by atoms with Gasteiger partial charge in [0.2, 0.25) is 0 Å². The van der Waals surface area contributed by atoms with Gasteiger partial charge in [-0.15, -0.1) is 0 Å². The van der Waals surface area contributed by atoms with E-state index in [1.807, 2.05) is 32.0 Å². The zero-order valence-corrected chi connectivity index (χ0v) is 16.3. The highest BCUT2D eigenvalue weighted by Gasteiger charge is 2.04. The number of aromatic amines is 1. The maximum Gasteiger partial charge on any atom is 0.191 e. The van der Waals surface area contributed by atoms with E-state index < -0.39 is 0 Å². The lowest BCUT2D eigenvalue weighted by Crippen LogP contribution is -2.37. The molecule has 27 heavy (non-hydrogen) atoms. The van der Waals surface area contributed by atoms with Gasteiger partial charge in [-0.2, -0.15) is 0 Å². The molecule has 0 bridgehead atoms. The number of rotatable bonds is 7. The minimum absolute atomic E-state index is 0.173. The van der Waals surface area contributed by atoms with Crippen LogP contribution in [0.15, 0.2) is 59.7 Å². The van der Waals surface area contributed by atoms with Crippen molar-refractivity contribution in [2.45, 2.75) is 32.9 Å². The first-order valence-corrected chi connectivity index (χ1v) is 9.41. The minimum atomic E-state index is 0.173. The lowest BCUT2D eigenvalue weighted by molar-refractivity contribution is 0.242. The van der Waals surface area contributed by atoms with Gasteiger partial charge in [0, 0.05) is 37.2 Å². The van der Waals surface area contributed by atoms with Crippen LogP contribution in [0.3, 0.4) is 0 Å². The largest absolute Gasteiger partial charge is 0.491 e. The third-order valence-corrected chi connectivity index (χ3v) is 4.32. The summed E-state index contributed by atoms with van der Waals surface area (Å²) in [5.74, 6) is 1.69. The van der Waals surface area contributed by atoms with E-state index in [1.54, 1.807) is 7.05 Å². The maximum absolute atomic E-state index is 5.75. The highest BCUT2D eigenvalue weighted by atomic mass is 16.5. The van der Waals surface area contributed by atoms with Crippen LogP contribution in [0.25, 0.3) is 10.9 Å². The zero-order chi connectivity index (χ0) is 19.1. The van der Waals surface area contributed by atoms with Crippen molar-refractivity contribution in [2.75, 3.05) is 13.6 Å². The first kappa shape index (κ1) is 18.8. The van der Waals surface area contributed by atoms with Gasteiger partial charge in [-0.3, -0.25) is 4.99 Å². The molecule has 0 aliphatic rings. The normalized spacial score (nSPS) is 11.8. The Morgan fingerprint density at radius 3 is 2.78 bits per heavy atom. The molecule has 3 rings (SSSR count). The molecule has 5 nitrogen and oxygen atoms in total. The van der Waals surface area contributed by atoms with E-state index in [4.69, 9.17) is 4.74 Å². The molecule has 0 saturated heterocycles. The molecule has 0 radical (unpaired) electrons. The van der Waals surface area contributed by atoms with Crippen LogP contribution in [0.1, 0.15) is 25.0 Å². The molecule has 0 fully saturated rings. The first-order valence-electron chi connectivity index (χ1n) is 9.41. The van der Waals surface area contributed by atoms with Crippen LogP contribution in [-0.4, -0.2) is 30.6 Å². The molecule has 3 aromatic rings. The number of hydrogen-bond acceptors (Lipinski definition) is 2. The van der Waals surface area contributed by atoms with E-state index in [1.165, 1.54) is 16.5 Å². The number of fused-ring (bicyclic) bond motifs is 1. The smallest absolute Gasteiger partial charge is 0.191 e. The third kappa shape index (κ3) is 5.26. The van der Waals surface area contributed by atoms with E-state index in [0.29, 0.717) is 6.54 Å². The lowest BCUT2D eigenvalue weighted by atomic mass is 10.1. The van der Waals surface area contributed by atoms with Crippen LogP contribution in [0, 0.1) is 0 Å². The molecule has 0 unspecified atom stereocenters. The quantitative estimate of drug-likeness (QED) is 0.441. The number of aliphatic imine (C=N–C) groups is 1. The lowest BCUT2D eigenvalue weighted by Gasteiger charge is -2.13. The van der Waals surface area contributed by atoms with Crippen LogP contribution in [0.5, 0.6) is 5.75 Å². The van der Waals surface area contributed by atoms with Gasteiger partial charge < -0.3 is 20.4 Å². The van der Waals surface area contributed by atoms with Gasteiger partial charge in [-0.05, 0) is 49.6 Å². The summed E-state index contributed by atoms with van der Waals surface area (Å²) < 4.78 is 5.75. The molecular formula is C22H28N4O. The summed E-state index contributed by atoms with van der Waals surface area (Å²) in [6, 6.07) is 16.5. The average Bonchev–Trinajstić information content (AvgIpc) is 3.07. The van der Waals surface area contributed by atoms with Gasteiger partial charge in [0.15, 0.2) is 5.96 Å². The number of H-pyrrole nitrogens is 1. The second-order valence-electron chi connectivity index (χ2n) is 6.78. The van der Waals surface area contributed by atoms with Crippen LogP contribution in [0.4, 0.5) is 0 Å². The predicted molar refractivity (Wildman–Crippen MR) is 112 cm³/mol. The van der Waals surface area contributed by atoms with Crippen molar-refractivity contribution >= 4 is 16.9 Å².